The van der Waals surface area contributed by atoms with Crippen molar-refractivity contribution in [1.29, 1.82) is 0 Å². The predicted octanol–water partition coefficient (Wildman–Crippen LogP) is 2.67. The lowest BCUT2D eigenvalue weighted by Gasteiger charge is -2.25. The molecule has 15 heavy (non-hydrogen) atoms. The van der Waals surface area contributed by atoms with Gasteiger partial charge in [-0.2, -0.15) is 0 Å². The fraction of sp³-hybridized carbons (Fsp3) is 0.615. The van der Waals surface area contributed by atoms with Crippen LogP contribution in [0.15, 0.2) is 18.5 Å². The van der Waals surface area contributed by atoms with Gasteiger partial charge < -0.3 is 5.32 Å². The molecule has 2 heteroatoms. The van der Waals surface area contributed by atoms with Crippen molar-refractivity contribution >= 4 is 0 Å². The van der Waals surface area contributed by atoms with Gasteiger partial charge in [-0.25, -0.2) is 0 Å². The molecule has 2 nitrogen and oxygen atoms in total. The van der Waals surface area contributed by atoms with Crippen LogP contribution in [0.4, 0.5) is 0 Å². The van der Waals surface area contributed by atoms with E-state index in [1.54, 1.807) is 0 Å². The Morgan fingerprint density at radius 3 is 2.73 bits per heavy atom. The maximum atomic E-state index is 4.25. The number of pyridine rings is 1. The van der Waals surface area contributed by atoms with Gasteiger partial charge in [-0.15, -0.1) is 0 Å². The van der Waals surface area contributed by atoms with Crippen LogP contribution in [0.5, 0.6) is 0 Å². The molecule has 0 unspecified atom stereocenters. The molecule has 0 radical (unpaired) electrons. The molecule has 0 amide bonds. The van der Waals surface area contributed by atoms with Crippen molar-refractivity contribution in [2.45, 2.75) is 38.5 Å². The molecule has 0 saturated carbocycles. The fourth-order valence-electron chi connectivity index (χ4n) is 2.40. The molecule has 2 rings (SSSR count). The zero-order valence-electron chi connectivity index (χ0n) is 9.66. The first-order chi connectivity index (χ1) is 7.29. The number of nitrogens with one attached hydrogen (secondary N) is 1. The fourth-order valence-corrected chi connectivity index (χ4v) is 2.40. The van der Waals surface area contributed by atoms with E-state index in [0.29, 0.717) is 5.92 Å². The van der Waals surface area contributed by atoms with Gasteiger partial charge in [0.2, 0.25) is 0 Å². The van der Waals surface area contributed by atoms with Gasteiger partial charge in [0.15, 0.2) is 0 Å². The Labute approximate surface area is 92.1 Å². The summed E-state index contributed by atoms with van der Waals surface area (Å²) in [4.78, 5) is 4.25. The van der Waals surface area contributed by atoms with Gasteiger partial charge in [0.1, 0.15) is 0 Å². The van der Waals surface area contributed by atoms with Gasteiger partial charge in [-0.05, 0) is 55.0 Å². The van der Waals surface area contributed by atoms with Gasteiger partial charge >= 0.3 is 0 Å². The second kappa shape index (κ2) is 4.75. The molecule has 0 aromatic carbocycles. The summed E-state index contributed by atoms with van der Waals surface area (Å²) in [6, 6.07) is 2.21. The minimum atomic E-state index is 0.587. The molecule has 0 bridgehead atoms. The van der Waals surface area contributed by atoms with Crippen molar-refractivity contribution in [1.82, 2.24) is 10.3 Å². The Morgan fingerprint density at radius 2 is 2.07 bits per heavy atom. The summed E-state index contributed by atoms with van der Waals surface area (Å²) in [6.45, 7) is 6.82. The molecule has 1 aromatic heterocycles. The first kappa shape index (κ1) is 10.6. The summed E-state index contributed by atoms with van der Waals surface area (Å²) >= 11 is 0. The van der Waals surface area contributed by atoms with E-state index in [1.807, 2.05) is 12.4 Å². The second-order valence-corrected chi connectivity index (χ2v) is 4.68. The van der Waals surface area contributed by atoms with Crippen LogP contribution in [0.1, 0.15) is 49.7 Å². The molecule has 0 spiro atoms. The van der Waals surface area contributed by atoms with Crippen molar-refractivity contribution in [3.8, 4) is 0 Å². The first-order valence-electron chi connectivity index (χ1n) is 5.93. The summed E-state index contributed by atoms with van der Waals surface area (Å²) < 4.78 is 0. The molecule has 1 fully saturated rings. The maximum absolute atomic E-state index is 4.25. The topological polar surface area (TPSA) is 24.9 Å². The van der Waals surface area contributed by atoms with Crippen molar-refractivity contribution in [3.05, 3.63) is 29.6 Å². The normalized spacial score (nSPS) is 18.3. The molecular formula is C13H20N2. The van der Waals surface area contributed by atoms with Crippen LogP contribution in [0.25, 0.3) is 0 Å². The average Bonchev–Trinajstić information content (AvgIpc) is 2.30. The summed E-state index contributed by atoms with van der Waals surface area (Å²) in [5.74, 6) is 1.33. The first-order valence-corrected chi connectivity index (χ1v) is 5.93. The van der Waals surface area contributed by atoms with E-state index in [2.05, 4.69) is 30.2 Å². The monoisotopic (exact) mass is 204 g/mol. The van der Waals surface area contributed by atoms with Crippen LogP contribution >= 0.6 is 0 Å². The Balaban J connectivity index is 2.25. The SMILES string of the molecule is CC(C)c1cnccc1C1CCNCC1. The number of aromatic nitrogens is 1. The van der Waals surface area contributed by atoms with Crippen molar-refractivity contribution < 1.29 is 0 Å². The Bertz CT molecular complexity index is 314. The number of hydrogen-bond donors (Lipinski definition) is 1. The summed E-state index contributed by atoms with van der Waals surface area (Å²) in [6.07, 6.45) is 6.51. The zero-order chi connectivity index (χ0) is 10.7. The van der Waals surface area contributed by atoms with Gasteiger partial charge in [0, 0.05) is 12.4 Å². The molecule has 1 aliphatic rings. The maximum Gasteiger partial charge on any atom is 0.0305 e. The van der Waals surface area contributed by atoms with Gasteiger partial charge in [0.05, 0.1) is 0 Å². The summed E-state index contributed by atoms with van der Waals surface area (Å²) in [5.41, 5.74) is 2.96. The number of nitrogens with zero attached hydrogens (tertiary/aromatic N) is 1. The predicted molar refractivity (Wildman–Crippen MR) is 63.2 cm³/mol. The van der Waals surface area contributed by atoms with Gasteiger partial charge in [-0.1, -0.05) is 13.8 Å². The average molecular weight is 204 g/mol. The zero-order valence-corrected chi connectivity index (χ0v) is 9.66. The summed E-state index contributed by atoms with van der Waals surface area (Å²) in [7, 11) is 0. The largest absolute Gasteiger partial charge is 0.317 e. The minimum absolute atomic E-state index is 0.587. The highest BCUT2D eigenvalue weighted by molar-refractivity contribution is 5.30. The van der Waals surface area contributed by atoms with Crippen LogP contribution < -0.4 is 5.32 Å². The molecule has 0 atom stereocenters. The van der Waals surface area contributed by atoms with Crippen LogP contribution in [-0.2, 0) is 0 Å². The molecule has 1 aromatic rings. The lowest BCUT2D eigenvalue weighted by molar-refractivity contribution is 0.457. The second-order valence-electron chi connectivity index (χ2n) is 4.68. The third kappa shape index (κ3) is 2.37. The minimum Gasteiger partial charge on any atom is -0.317 e. The third-order valence-electron chi connectivity index (χ3n) is 3.29. The van der Waals surface area contributed by atoms with E-state index in [4.69, 9.17) is 0 Å². The van der Waals surface area contributed by atoms with Crippen LogP contribution in [0, 0.1) is 0 Å². The molecule has 1 aliphatic heterocycles. The van der Waals surface area contributed by atoms with Crippen molar-refractivity contribution in [2.75, 3.05) is 13.1 Å². The highest BCUT2D eigenvalue weighted by Gasteiger charge is 2.18. The number of rotatable bonds is 2. The Morgan fingerprint density at radius 1 is 1.33 bits per heavy atom. The molecule has 1 N–H and O–H groups in total. The molecule has 1 saturated heterocycles. The van der Waals surface area contributed by atoms with Crippen LogP contribution in [0.2, 0.25) is 0 Å². The summed E-state index contributed by atoms with van der Waals surface area (Å²) in [5, 5.41) is 3.42. The van der Waals surface area contributed by atoms with E-state index in [9.17, 15) is 0 Å². The highest BCUT2D eigenvalue weighted by Crippen LogP contribution is 2.30. The van der Waals surface area contributed by atoms with E-state index in [1.165, 1.54) is 24.0 Å². The number of hydrogen-bond acceptors (Lipinski definition) is 2. The van der Waals surface area contributed by atoms with E-state index < -0.39 is 0 Å². The lowest BCUT2D eigenvalue weighted by Crippen LogP contribution is -2.27. The standard InChI is InChI=1S/C13H20N2/c1-10(2)13-9-15-8-5-12(13)11-3-6-14-7-4-11/h5,8-11,14H,3-4,6-7H2,1-2H3. The van der Waals surface area contributed by atoms with E-state index >= 15 is 0 Å². The number of piperidine rings is 1. The van der Waals surface area contributed by atoms with E-state index in [0.717, 1.165) is 19.0 Å². The van der Waals surface area contributed by atoms with Crippen molar-refractivity contribution in [2.24, 2.45) is 0 Å². The quantitative estimate of drug-likeness (QED) is 0.801. The smallest absolute Gasteiger partial charge is 0.0305 e. The lowest BCUT2D eigenvalue weighted by atomic mass is 9.85. The molecular weight excluding hydrogens is 184 g/mol. The van der Waals surface area contributed by atoms with Crippen LogP contribution in [-0.4, -0.2) is 18.1 Å². The third-order valence-corrected chi connectivity index (χ3v) is 3.29. The van der Waals surface area contributed by atoms with E-state index in [-0.39, 0.29) is 0 Å². The Hall–Kier alpha value is -0.890. The molecule has 82 valence electrons. The molecule has 2 heterocycles. The van der Waals surface area contributed by atoms with Gasteiger partial charge in [0.25, 0.3) is 0 Å². The Kier molecular flexibility index (Phi) is 3.37. The molecule has 0 aliphatic carbocycles. The van der Waals surface area contributed by atoms with Crippen molar-refractivity contribution in [3.63, 3.8) is 0 Å². The van der Waals surface area contributed by atoms with Crippen LogP contribution in [0.3, 0.4) is 0 Å². The van der Waals surface area contributed by atoms with Gasteiger partial charge in [-0.3, -0.25) is 4.98 Å². The highest BCUT2D eigenvalue weighted by atomic mass is 14.9.